The van der Waals surface area contributed by atoms with Gasteiger partial charge in [-0.3, -0.25) is 5.32 Å². The summed E-state index contributed by atoms with van der Waals surface area (Å²) >= 11 is 0. The summed E-state index contributed by atoms with van der Waals surface area (Å²) in [5, 5.41) is 11.4. The van der Waals surface area contributed by atoms with Crippen LogP contribution in [0.25, 0.3) is 11.1 Å². The molecule has 7 nitrogen and oxygen atoms in total. The van der Waals surface area contributed by atoms with Crippen molar-refractivity contribution in [1.29, 1.82) is 0 Å². The van der Waals surface area contributed by atoms with Crippen LogP contribution >= 0.6 is 0 Å². The van der Waals surface area contributed by atoms with E-state index in [9.17, 15) is 9.59 Å². The number of carboxylic acid groups (broad SMARTS) is 1. The molecule has 2 N–H and O–H groups in total. The second kappa shape index (κ2) is 6.87. The van der Waals surface area contributed by atoms with Crippen LogP contribution in [0.4, 0.5) is 10.6 Å². The highest BCUT2D eigenvalue weighted by molar-refractivity contribution is 5.88. The first-order valence-corrected chi connectivity index (χ1v) is 8.31. The van der Waals surface area contributed by atoms with Gasteiger partial charge in [-0.1, -0.05) is 48.5 Å². The number of ether oxygens (including phenoxy) is 1. The van der Waals surface area contributed by atoms with Crippen molar-refractivity contribution >= 4 is 17.9 Å². The Morgan fingerprint density at radius 1 is 1.00 bits per heavy atom. The Balaban J connectivity index is 1.48. The fraction of sp³-hybridized carbons (Fsp3) is 0.100. The number of aromatic nitrogens is 2. The van der Waals surface area contributed by atoms with E-state index >= 15 is 0 Å². The van der Waals surface area contributed by atoms with Crippen LogP contribution in [0.2, 0.25) is 0 Å². The largest absolute Gasteiger partial charge is 0.477 e. The average molecular weight is 361 g/mol. The maximum Gasteiger partial charge on any atom is 0.412 e. The van der Waals surface area contributed by atoms with E-state index in [-0.39, 0.29) is 24.0 Å². The van der Waals surface area contributed by atoms with E-state index in [4.69, 9.17) is 9.84 Å². The van der Waals surface area contributed by atoms with Gasteiger partial charge in [0.15, 0.2) is 5.69 Å². The molecule has 0 atom stereocenters. The van der Waals surface area contributed by atoms with Crippen molar-refractivity contribution in [3.63, 3.8) is 0 Å². The number of fused-ring (bicyclic) bond motifs is 3. The number of hydrogen-bond acceptors (Lipinski definition) is 5. The summed E-state index contributed by atoms with van der Waals surface area (Å²) in [5.74, 6) is -1.18. The third kappa shape index (κ3) is 3.22. The predicted molar refractivity (Wildman–Crippen MR) is 97.7 cm³/mol. The van der Waals surface area contributed by atoms with Crippen LogP contribution in [0, 0.1) is 0 Å². The highest BCUT2D eigenvalue weighted by Gasteiger charge is 2.29. The summed E-state index contributed by atoms with van der Waals surface area (Å²) < 4.78 is 5.39. The van der Waals surface area contributed by atoms with E-state index < -0.39 is 12.1 Å². The molecule has 134 valence electrons. The van der Waals surface area contributed by atoms with Gasteiger partial charge in [-0.05, 0) is 22.3 Å². The minimum atomic E-state index is -1.20. The van der Waals surface area contributed by atoms with E-state index in [0.717, 1.165) is 28.6 Å². The molecule has 4 rings (SSSR count). The zero-order valence-electron chi connectivity index (χ0n) is 14.1. The van der Waals surface area contributed by atoms with Crippen molar-refractivity contribution in [2.45, 2.75) is 5.92 Å². The van der Waals surface area contributed by atoms with Gasteiger partial charge in [0.2, 0.25) is 0 Å². The monoisotopic (exact) mass is 361 g/mol. The van der Waals surface area contributed by atoms with Crippen molar-refractivity contribution < 1.29 is 19.4 Å². The van der Waals surface area contributed by atoms with Crippen molar-refractivity contribution in [1.82, 2.24) is 9.97 Å². The molecular weight excluding hydrogens is 346 g/mol. The van der Waals surface area contributed by atoms with E-state index in [1.807, 2.05) is 36.4 Å². The molecule has 0 aliphatic heterocycles. The number of amides is 1. The maximum absolute atomic E-state index is 12.1. The standard InChI is InChI=1S/C20H15N3O4/c24-19(25)17-9-18(22-11-21-17)23-20(26)27-10-16-14-7-3-1-5-12(14)13-6-2-4-8-15(13)16/h1-9,11,16H,10H2,(H,24,25)(H,21,22,23,26). The Morgan fingerprint density at radius 2 is 1.63 bits per heavy atom. The average Bonchev–Trinajstić information content (AvgIpc) is 3.00. The Labute approximate surface area is 154 Å². The van der Waals surface area contributed by atoms with Crippen LogP contribution in [0.5, 0.6) is 0 Å². The van der Waals surface area contributed by atoms with Crippen LogP contribution < -0.4 is 5.32 Å². The van der Waals surface area contributed by atoms with Crippen molar-refractivity contribution in [3.8, 4) is 11.1 Å². The molecule has 0 bridgehead atoms. The van der Waals surface area contributed by atoms with Crippen LogP contribution in [0.15, 0.2) is 60.9 Å². The van der Waals surface area contributed by atoms with Gasteiger partial charge in [-0.25, -0.2) is 19.6 Å². The van der Waals surface area contributed by atoms with Crippen molar-refractivity contribution in [2.75, 3.05) is 11.9 Å². The molecule has 0 spiro atoms. The second-order valence-electron chi connectivity index (χ2n) is 6.04. The summed E-state index contributed by atoms with van der Waals surface area (Å²) in [5.41, 5.74) is 4.30. The Bertz CT molecular complexity index is 989. The summed E-state index contributed by atoms with van der Waals surface area (Å²) in [7, 11) is 0. The minimum Gasteiger partial charge on any atom is -0.477 e. The lowest BCUT2D eigenvalue weighted by Crippen LogP contribution is -2.19. The minimum absolute atomic E-state index is 0.0527. The van der Waals surface area contributed by atoms with E-state index in [1.54, 1.807) is 0 Å². The van der Waals surface area contributed by atoms with Gasteiger partial charge in [-0.2, -0.15) is 0 Å². The zero-order valence-corrected chi connectivity index (χ0v) is 14.1. The molecule has 1 aliphatic carbocycles. The fourth-order valence-corrected chi connectivity index (χ4v) is 3.28. The predicted octanol–water partition coefficient (Wildman–Crippen LogP) is 3.54. The number of nitrogens with zero attached hydrogens (tertiary/aromatic N) is 2. The Hall–Kier alpha value is -3.74. The number of benzene rings is 2. The number of carbonyl (C=O) groups is 2. The number of carboxylic acids is 1. The molecule has 0 saturated heterocycles. The number of nitrogens with one attached hydrogen (secondary N) is 1. The first-order valence-electron chi connectivity index (χ1n) is 8.31. The van der Waals surface area contributed by atoms with Crippen LogP contribution in [-0.2, 0) is 4.74 Å². The quantitative estimate of drug-likeness (QED) is 0.737. The third-order valence-electron chi connectivity index (χ3n) is 4.46. The normalized spacial score (nSPS) is 12.1. The smallest absolute Gasteiger partial charge is 0.412 e. The molecule has 0 saturated carbocycles. The van der Waals surface area contributed by atoms with Gasteiger partial charge in [0.25, 0.3) is 0 Å². The zero-order chi connectivity index (χ0) is 18.8. The topological polar surface area (TPSA) is 101 Å². The number of carbonyl (C=O) groups excluding carboxylic acids is 1. The summed E-state index contributed by atoms with van der Waals surface area (Å²) in [6.07, 6.45) is 0.370. The van der Waals surface area contributed by atoms with Crippen molar-refractivity contribution in [3.05, 3.63) is 77.7 Å². The van der Waals surface area contributed by atoms with E-state index in [2.05, 4.69) is 27.4 Å². The number of aromatic carboxylic acids is 1. The van der Waals surface area contributed by atoms with Gasteiger partial charge in [0.05, 0.1) is 0 Å². The molecule has 1 aliphatic rings. The van der Waals surface area contributed by atoms with Crippen molar-refractivity contribution in [2.24, 2.45) is 0 Å². The summed E-state index contributed by atoms with van der Waals surface area (Å²) in [6.45, 7) is 0.163. The molecule has 27 heavy (non-hydrogen) atoms. The third-order valence-corrected chi connectivity index (χ3v) is 4.46. The molecule has 1 heterocycles. The summed E-state index contributed by atoms with van der Waals surface area (Å²) in [4.78, 5) is 30.5. The molecule has 0 unspecified atom stereocenters. The maximum atomic E-state index is 12.1. The fourth-order valence-electron chi connectivity index (χ4n) is 3.28. The first kappa shape index (κ1) is 16.7. The molecule has 0 fully saturated rings. The molecule has 3 aromatic rings. The van der Waals surface area contributed by atoms with Gasteiger partial charge >= 0.3 is 12.1 Å². The lowest BCUT2D eigenvalue weighted by atomic mass is 9.98. The van der Waals surface area contributed by atoms with Gasteiger partial charge in [0.1, 0.15) is 18.8 Å². The van der Waals surface area contributed by atoms with Gasteiger partial charge in [-0.15, -0.1) is 0 Å². The lowest BCUT2D eigenvalue weighted by molar-refractivity contribution is 0.0690. The molecule has 7 heteroatoms. The molecular formula is C20H15N3O4. The SMILES string of the molecule is O=C(Nc1cc(C(=O)O)ncn1)OCC1c2ccccc2-c2ccccc21. The molecule has 0 radical (unpaired) electrons. The highest BCUT2D eigenvalue weighted by Crippen LogP contribution is 2.44. The first-order chi connectivity index (χ1) is 13.1. The van der Waals surface area contributed by atoms with E-state index in [0.29, 0.717) is 0 Å². The summed E-state index contributed by atoms with van der Waals surface area (Å²) in [6, 6.07) is 17.3. The Morgan fingerprint density at radius 3 is 2.26 bits per heavy atom. The molecule has 1 amide bonds. The van der Waals surface area contributed by atoms with E-state index in [1.165, 1.54) is 6.07 Å². The highest BCUT2D eigenvalue weighted by atomic mass is 16.5. The van der Waals surface area contributed by atoms with Crippen LogP contribution in [0.1, 0.15) is 27.5 Å². The molecule has 2 aromatic carbocycles. The lowest BCUT2D eigenvalue weighted by Gasteiger charge is -2.14. The van der Waals surface area contributed by atoms with Gasteiger partial charge in [0, 0.05) is 12.0 Å². The van der Waals surface area contributed by atoms with Gasteiger partial charge < -0.3 is 9.84 Å². The number of rotatable bonds is 4. The second-order valence-corrected chi connectivity index (χ2v) is 6.04. The number of hydrogen-bond donors (Lipinski definition) is 2. The molecule has 1 aromatic heterocycles. The number of anilines is 1. The Kier molecular flexibility index (Phi) is 4.25. The van der Waals surface area contributed by atoms with Crippen LogP contribution in [-0.4, -0.2) is 33.7 Å². The van der Waals surface area contributed by atoms with Crippen LogP contribution in [0.3, 0.4) is 0 Å².